The molecule has 0 radical (unpaired) electrons. The van der Waals surface area contributed by atoms with Crippen LogP contribution in [0.5, 0.6) is 0 Å². The van der Waals surface area contributed by atoms with E-state index >= 15 is 0 Å². The number of carbonyl (C=O) groups is 2. The van der Waals surface area contributed by atoms with Crippen molar-refractivity contribution < 1.29 is 14.7 Å². The minimum atomic E-state index is -0.901. The summed E-state index contributed by atoms with van der Waals surface area (Å²) in [5.41, 5.74) is 10.2. The van der Waals surface area contributed by atoms with Crippen molar-refractivity contribution in [2.45, 2.75) is 32.7 Å². The molecule has 0 saturated carbocycles. The predicted molar refractivity (Wildman–Crippen MR) is 60.3 cm³/mol. The number of aliphatic hydroxyl groups excluding tert-OH is 1. The van der Waals surface area contributed by atoms with E-state index in [4.69, 9.17) is 16.6 Å². The van der Waals surface area contributed by atoms with Gasteiger partial charge in [0.2, 0.25) is 11.8 Å². The second kappa shape index (κ2) is 6.44. The Morgan fingerprint density at radius 3 is 2.44 bits per heavy atom. The standard InChI is InChI=1S/C10H21N3O3/c1-10(2,3-4-14)6-13-9(16)7(11)5-8(12)15/h7,14H,3-6,11H2,1-2H3,(H2,12,15)(H,13,16). The van der Waals surface area contributed by atoms with Gasteiger partial charge in [0.05, 0.1) is 12.5 Å². The highest BCUT2D eigenvalue weighted by atomic mass is 16.3. The van der Waals surface area contributed by atoms with Gasteiger partial charge in [0.15, 0.2) is 0 Å². The van der Waals surface area contributed by atoms with Crippen LogP contribution in [-0.4, -0.2) is 36.1 Å². The zero-order chi connectivity index (χ0) is 12.8. The van der Waals surface area contributed by atoms with Crippen LogP contribution in [0, 0.1) is 5.41 Å². The molecule has 0 saturated heterocycles. The lowest BCUT2D eigenvalue weighted by atomic mass is 9.89. The first kappa shape index (κ1) is 14.9. The van der Waals surface area contributed by atoms with Gasteiger partial charge in [-0.1, -0.05) is 13.8 Å². The SMILES string of the molecule is CC(C)(CCO)CNC(=O)C(N)CC(N)=O. The summed E-state index contributed by atoms with van der Waals surface area (Å²) >= 11 is 0. The maximum Gasteiger partial charge on any atom is 0.237 e. The Morgan fingerprint density at radius 1 is 1.44 bits per heavy atom. The third-order valence-electron chi connectivity index (χ3n) is 2.29. The highest BCUT2D eigenvalue weighted by molar-refractivity contribution is 5.87. The van der Waals surface area contributed by atoms with Crippen LogP contribution in [-0.2, 0) is 9.59 Å². The van der Waals surface area contributed by atoms with Crippen molar-refractivity contribution >= 4 is 11.8 Å². The third-order valence-corrected chi connectivity index (χ3v) is 2.29. The van der Waals surface area contributed by atoms with Crippen molar-refractivity contribution in [1.82, 2.24) is 5.32 Å². The molecule has 0 rings (SSSR count). The van der Waals surface area contributed by atoms with Gasteiger partial charge in [0.1, 0.15) is 0 Å². The predicted octanol–water partition coefficient (Wildman–Crippen LogP) is -1.29. The molecule has 0 spiro atoms. The van der Waals surface area contributed by atoms with Crippen molar-refractivity contribution in [2.75, 3.05) is 13.2 Å². The lowest BCUT2D eigenvalue weighted by Gasteiger charge is -2.24. The molecule has 1 atom stereocenters. The van der Waals surface area contributed by atoms with Crippen LogP contribution < -0.4 is 16.8 Å². The fourth-order valence-electron chi connectivity index (χ4n) is 1.16. The molecular formula is C10H21N3O3. The minimum absolute atomic E-state index is 0.0657. The maximum atomic E-state index is 11.4. The van der Waals surface area contributed by atoms with Gasteiger partial charge in [-0.15, -0.1) is 0 Å². The van der Waals surface area contributed by atoms with Gasteiger partial charge in [0.25, 0.3) is 0 Å². The molecule has 0 aromatic heterocycles. The first-order valence-corrected chi connectivity index (χ1v) is 5.21. The number of aliphatic hydroxyl groups is 1. The fraction of sp³-hybridized carbons (Fsp3) is 0.800. The summed E-state index contributed by atoms with van der Waals surface area (Å²) in [5, 5.41) is 11.4. The van der Waals surface area contributed by atoms with Gasteiger partial charge in [-0.25, -0.2) is 0 Å². The van der Waals surface area contributed by atoms with E-state index in [9.17, 15) is 9.59 Å². The van der Waals surface area contributed by atoms with E-state index in [0.29, 0.717) is 13.0 Å². The van der Waals surface area contributed by atoms with Gasteiger partial charge in [-0.2, -0.15) is 0 Å². The van der Waals surface area contributed by atoms with E-state index in [-0.39, 0.29) is 18.4 Å². The summed E-state index contributed by atoms with van der Waals surface area (Å²) < 4.78 is 0. The van der Waals surface area contributed by atoms with Gasteiger partial charge >= 0.3 is 0 Å². The summed E-state index contributed by atoms with van der Waals surface area (Å²) in [6.45, 7) is 4.31. The first-order chi connectivity index (χ1) is 7.28. The van der Waals surface area contributed by atoms with E-state index in [0.717, 1.165) is 0 Å². The number of hydrogen-bond donors (Lipinski definition) is 4. The monoisotopic (exact) mass is 231 g/mol. The minimum Gasteiger partial charge on any atom is -0.396 e. The Morgan fingerprint density at radius 2 is 2.00 bits per heavy atom. The molecule has 2 amide bonds. The molecular weight excluding hydrogens is 210 g/mol. The van der Waals surface area contributed by atoms with Gasteiger partial charge in [-0.3, -0.25) is 9.59 Å². The molecule has 6 N–H and O–H groups in total. The smallest absolute Gasteiger partial charge is 0.237 e. The summed E-state index contributed by atoms with van der Waals surface area (Å²) in [6, 6.07) is -0.901. The average molecular weight is 231 g/mol. The molecule has 94 valence electrons. The molecule has 0 aliphatic rings. The van der Waals surface area contributed by atoms with Crippen molar-refractivity contribution in [1.29, 1.82) is 0 Å². The van der Waals surface area contributed by atoms with Crippen molar-refractivity contribution in [3.63, 3.8) is 0 Å². The molecule has 0 bridgehead atoms. The Bertz CT molecular complexity index is 254. The zero-order valence-corrected chi connectivity index (χ0v) is 9.82. The number of primary amides is 1. The topological polar surface area (TPSA) is 118 Å². The highest BCUT2D eigenvalue weighted by Crippen LogP contribution is 2.17. The molecule has 0 fully saturated rings. The summed E-state index contributed by atoms with van der Waals surface area (Å²) in [7, 11) is 0. The molecule has 16 heavy (non-hydrogen) atoms. The van der Waals surface area contributed by atoms with Crippen LogP contribution in [0.15, 0.2) is 0 Å². The van der Waals surface area contributed by atoms with Crippen molar-refractivity contribution in [3.8, 4) is 0 Å². The summed E-state index contributed by atoms with van der Waals surface area (Å²) in [5.74, 6) is -0.998. The molecule has 1 unspecified atom stereocenters. The molecule has 6 heteroatoms. The van der Waals surface area contributed by atoms with E-state index < -0.39 is 17.9 Å². The Hall–Kier alpha value is -1.14. The molecule has 0 aliphatic carbocycles. The quantitative estimate of drug-likeness (QED) is 0.436. The second-order valence-corrected chi connectivity index (χ2v) is 4.63. The maximum absolute atomic E-state index is 11.4. The number of nitrogens with one attached hydrogen (secondary N) is 1. The lowest BCUT2D eigenvalue weighted by Crippen LogP contribution is -2.45. The van der Waals surface area contributed by atoms with E-state index in [1.54, 1.807) is 0 Å². The van der Waals surface area contributed by atoms with Crippen LogP contribution in [0.25, 0.3) is 0 Å². The average Bonchev–Trinajstić information content (AvgIpc) is 2.13. The molecule has 0 aromatic rings. The van der Waals surface area contributed by atoms with Crippen molar-refractivity contribution in [2.24, 2.45) is 16.9 Å². The van der Waals surface area contributed by atoms with E-state index in [1.807, 2.05) is 13.8 Å². The van der Waals surface area contributed by atoms with Crippen LogP contribution in [0.2, 0.25) is 0 Å². The summed E-state index contributed by atoms with van der Waals surface area (Å²) in [4.78, 5) is 22.0. The molecule has 0 aliphatic heterocycles. The number of hydrogen-bond acceptors (Lipinski definition) is 4. The Balaban J connectivity index is 4.01. The van der Waals surface area contributed by atoms with E-state index in [1.165, 1.54) is 0 Å². The highest BCUT2D eigenvalue weighted by Gasteiger charge is 2.21. The zero-order valence-electron chi connectivity index (χ0n) is 9.82. The number of rotatable bonds is 7. The molecule has 6 nitrogen and oxygen atoms in total. The van der Waals surface area contributed by atoms with Crippen LogP contribution >= 0.6 is 0 Å². The normalized spacial score (nSPS) is 13.2. The number of amides is 2. The third kappa shape index (κ3) is 6.36. The first-order valence-electron chi connectivity index (χ1n) is 5.21. The number of nitrogens with two attached hydrogens (primary N) is 2. The second-order valence-electron chi connectivity index (χ2n) is 4.63. The largest absolute Gasteiger partial charge is 0.396 e. The fourth-order valence-corrected chi connectivity index (χ4v) is 1.16. The van der Waals surface area contributed by atoms with Gasteiger partial charge in [0, 0.05) is 13.2 Å². The van der Waals surface area contributed by atoms with E-state index in [2.05, 4.69) is 5.32 Å². The molecule has 0 aromatic carbocycles. The lowest BCUT2D eigenvalue weighted by molar-refractivity contribution is -0.126. The van der Waals surface area contributed by atoms with Crippen LogP contribution in [0.1, 0.15) is 26.7 Å². The van der Waals surface area contributed by atoms with Crippen LogP contribution in [0.4, 0.5) is 0 Å². The van der Waals surface area contributed by atoms with Gasteiger partial charge < -0.3 is 21.9 Å². The molecule has 0 heterocycles. The van der Waals surface area contributed by atoms with Crippen LogP contribution in [0.3, 0.4) is 0 Å². The van der Waals surface area contributed by atoms with Gasteiger partial charge in [-0.05, 0) is 11.8 Å². The Kier molecular flexibility index (Phi) is 5.98. The van der Waals surface area contributed by atoms with Crippen molar-refractivity contribution in [3.05, 3.63) is 0 Å². The Labute approximate surface area is 95.4 Å². The number of carbonyl (C=O) groups excluding carboxylic acids is 2. The summed E-state index contributed by atoms with van der Waals surface area (Å²) in [6.07, 6.45) is 0.421.